The Morgan fingerprint density at radius 1 is 1.35 bits per heavy atom. The third-order valence-corrected chi connectivity index (χ3v) is 2.92. The number of carbonyl (C=O) groups is 2. The molecule has 0 saturated carbocycles. The predicted octanol–water partition coefficient (Wildman–Crippen LogP) is 0.525. The van der Waals surface area contributed by atoms with Gasteiger partial charge in [-0.1, -0.05) is 0 Å². The standard InChI is InChI=1S/C12H22N2O3/c1-9(2)17-12(16)8-14-5-3-10(4-6-14)7-11(13)15/h9-10H,3-8H2,1-2H3,(H2,13,15). The van der Waals surface area contributed by atoms with Gasteiger partial charge in [-0.25, -0.2) is 0 Å². The van der Waals surface area contributed by atoms with Crippen LogP contribution in [0.2, 0.25) is 0 Å². The Hall–Kier alpha value is -1.10. The fraction of sp³-hybridized carbons (Fsp3) is 0.833. The summed E-state index contributed by atoms with van der Waals surface area (Å²) in [6.07, 6.45) is 2.26. The second kappa shape index (κ2) is 6.59. The largest absolute Gasteiger partial charge is 0.462 e. The zero-order valence-corrected chi connectivity index (χ0v) is 10.6. The topological polar surface area (TPSA) is 72.6 Å². The highest BCUT2D eigenvalue weighted by Gasteiger charge is 2.22. The number of hydrogen-bond donors (Lipinski definition) is 1. The second-order valence-electron chi connectivity index (χ2n) is 4.93. The average molecular weight is 242 g/mol. The van der Waals surface area contributed by atoms with E-state index in [2.05, 4.69) is 4.90 Å². The summed E-state index contributed by atoms with van der Waals surface area (Å²) >= 11 is 0. The number of rotatable bonds is 5. The lowest BCUT2D eigenvalue weighted by Gasteiger charge is -2.30. The molecule has 2 N–H and O–H groups in total. The monoisotopic (exact) mass is 242 g/mol. The van der Waals surface area contributed by atoms with Crippen LogP contribution in [-0.4, -0.2) is 42.5 Å². The first-order valence-corrected chi connectivity index (χ1v) is 6.17. The van der Waals surface area contributed by atoms with Crippen molar-refractivity contribution in [2.75, 3.05) is 19.6 Å². The second-order valence-corrected chi connectivity index (χ2v) is 4.93. The number of nitrogens with two attached hydrogens (primary N) is 1. The smallest absolute Gasteiger partial charge is 0.320 e. The van der Waals surface area contributed by atoms with E-state index in [1.54, 1.807) is 0 Å². The molecule has 1 fully saturated rings. The molecule has 1 aliphatic heterocycles. The fourth-order valence-corrected chi connectivity index (χ4v) is 2.12. The molecule has 0 aromatic carbocycles. The summed E-state index contributed by atoms with van der Waals surface area (Å²) in [4.78, 5) is 24.3. The molecule has 1 heterocycles. The van der Waals surface area contributed by atoms with E-state index in [9.17, 15) is 9.59 Å². The summed E-state index contributed by atoms with van der Waals surface area (Å²) in [7, 11) is 0. The first-order valence-electron chi connectivity index (χ1n) is 6.17. The van der Waals surface area contributed by atoms with Gasteiger partial charge in [0, 0.05) is 6.42 Å². The third kappa shape index (κ3) is 5.68. The van der Waals surface area contributed by atoms with Crippen LogP contribution in [0.1, 0.15) is 33.1 Å². The van der Waals surface area contributed by atoms with Crippen molar-refractivity contribution in [3.05, 3.63) is 0 Å². The van der Waals surface area contributed by atoms with Crippen LogP contribution < -0.4 is 5.73 Å². The summed E-state index contributed by atoms with van der Waals surface area (Å²) in [5.74, 6) is -0.0270. The quantitative estimate of drug-likeness (QED) is 0.714. The summed E-state index contributed by atoms with van der Waals surface area (Å²) in [6, 6.07) is 0. The molecule has 0 bridgehead atoms. The number of amides is 1. The summed E-state index contributed by atoms with van der Waals surface area (Å²) in [5.41, 5.74) is 5.17. The van der Waals surface area contributed by atoms with Gasteiger partial charge in [-0.2, -0.15) is 0 Å². The van der Waals surface area contributed by atoms with E-state index in [1.165, 1.54) is 0 Å². The van der Waals surface area contributed by atoms with E-state index in [4.69, 9.17) is 10.5 Å². The fourth-order valence-electron chi connectivity index (χ4n) is 2.12. The molecular formula is C12H22N2O3. The lowest BCUT2D eigenvalue weighted by atomic mass is 9.93. The third-order valence-electron chi connectivity index (χ3n) is 2.92. The van der Waals surface area contributed by atoms with E-state index in [0.29, 0.717) is 18.9 Å². The molecular weight excluding hydrogens is 220 g/mol. The zero-order chi connectivity index (χ0) is 12.8. The van der Waals surface area contributed by atoms with Gasteiger partial charge < -0.3 is 10.5 Å². The molecule has 0 aliphatic carbocycles. The van der Waals surface area contributed by atoms with Gasteiger partial charge in [0.1, 0.15) is 0 Å². The molecule has 1 aliphatic rings. The zero-order valence-electron chi connectivity index (χ0n) is 10.6. The van der Waals surface area contributed by atoms with Crippen LogP contribution >= 0.6 is 0 Å². The number of piperidine rings is 1. The molecule has 0 aromatic heterocycles. The minimum absolute atomic E-state index is 0.0603. The van der Waals surface area contributed by atoms with Crippen LogP contribution in [0.3, 0.4) is 0 Å². The molecule has 0 atom stereocenters. The minimum atomic E-state index is -0.234. The van der Waals surface area contributed by atoms with E-state index < -0.39 is 0 Å². The van der Waals surface area contributed by atoms with Gasteiger partial charge >= 0.3 is 5.97 Å². The Kier molecular flexibility index (Phi) is 5.41. The maximum Gasteiger partial charge on any atom is 0.320 e. The van der Waals surface area contributed by atoms with Crippen molar-refractivity contribution in [3.8, 4) is 0 Å². The number of ether oxygens (including phenoxy) is 1. The van der Waals surface area contributed by atoms with Crippen LogP contribution in [0, 0.1) is 5.92 Å². The molecule has 0 unspecified atom stereocenters. The van der Waals surface area contributed by atoms with Crippen molar-refractivity contribution < 1.29 is 14.3 Å². The average Bonchev–Trinajstić information content (AvgIpc) is 2.18. The van der Waals surface area contributed by atoms with Crippen molar-refractivity contribution in [2.45, 2.75) is 39.2 Å². The Morgan fingerprint density at radius 2 is 1.94 bits per heavy atom. The first kappa shape index (κ1) is 14.0. The number of carbonyl (C=O) groups excluding carboxylic acids is 2. The molecule has 0 aromatic rings. The number of likely N-dealkylation sites (tertiary alicyclic amines) is 1. The van der Waals surface area contributed by atoms with Crippen LogP contribution in [0.15, 0.2) is 0 Å². The van der Waals surface area contributed by atoms with Gasteiger partial charge in [0.05, 0.1) is 12.6 Å². The molecule has 98 valence electrons. The highest BCUT2D eigenvalue weighted by molar-refractivity contribution is 5.74. The van der Waals surface area contributed by atoms with Crippen LogP contribution in [0.25, 0.3) is 0 Å². The van der Waals surface area contributed by atoms with E-state index in [-0.39, 0.29) is 18.0 Å². The van der Waals surface area contributed by atoms with Crippen LogP contribution in [-0.2, 0) is 14.3 Å². The molecule has 1 rings (SSSR count). The SMILES string of the molecule is CC(C)OC(=O)CN1CCC(CC(N)=O)CC1. The number of primary amides is 1. The van der Waals surface area contributed by atoms with E-state index in [1.807, 2.05) is 13.8 Å². The number of nitrogens with zero attached hydrogens (tertiary/aromatic N) is 1. The maximum atomic E-state index is 11.4. The van der Waals surface area contributed by atoms with Gasteiger partial charge in [0.2, 0.25) is 5.91 Å². The van der Waals surface area contributed by atoms with Gasteiger partial charge in [-0.05, 0) is 45.7 Å². The highest BCUT2D eigenvalue weighted by Crippen LogP contribution is 2.19. The van der Waals surface area contributed by atoms with Crippen molar-refractivity contribution in [1.29, 1.82) is 0 Å². The maximum absolute atomic E-state index is 11.4. The van der Waals surface area contributed by atoms with Gasteiger partial charge in [-0.3, -0.25) is 14.5 Å². The van der Waals surface area contributed by atoms with E-state index >= 15 is 0 Å². The van der Waals surface area contributed by atoms with Crippen molar-refractivity contribution in [2.24, 2.45) is 11.7 Å². The lowest BCUT2D eigenvalue weighted by molar-refractivity contribution is -0.149. The first-order chi connectivity index (χ1) is 7.97. The van der Waals surface area contributed by atoms with Crippen molar-refractivity contribution in [3.63, 3.8) is 0 Å². The van der Waals surface area contributed by atoms with Gasteiger partial charge in [0.15, 0.2) is 0 Å². The molecule has 1 amide bonds. The molecule has 17 heavy (non-hydrogen) atoms. The van der Waals surface area contributed by atoms with Gasteiger partial charge in [-0.15, -0.1) is 0 Å². The minimum Gasteiger partial charge on any atom is -0.462 e. The molecule has 5 nitrogen and oxygen atoms in total. The molecule has 0 radical (unpaired) electrons. The normalized spacial score (nSPS) is 18.3. The lowest BCUT2D eigenvalue weighted by Crippen LogP contribution is -2.39. The van der Waals surface area contributed by atoms with Crippen LogP contribution in [0.4, 0.5) is 0 Å². The number of esters is 1. The van der Waals surface area contributed by atoms with Crippen molar-refractivity contribution in [1.82, 2.24) is 4.90 Å². The van der Waals surface area contributed by atoms with Gasteiger partial charge in [0.25, 0.3) is 0 Å². The van der Waals surface area contributed by atoms with Crippen molar-refractivity contribution >= 4 is 11.9 Å². The highest BCUT2D eigenvalue weighted by atomic mass is 16.5. The van der Waals surface area contributed by atoms with E-state index in [0.717, 1.165) is 25.9 Å². The summed E-state index contributed by atoms with van der Waals surface area (Å²) in [6.45, 7) is 5.71. The molecule has 5 heteroatoms. The number of hydrogen-bond acceptors (Lipinski definition) is 4. The molecule has 1 saturated heterocycles. The summed E-state index contributed by atoms with van der Waals surface area (Å²) < 4.78 is 5.09. The Labute approximate surface area is 102 Å². The Bertz CT molecular complexity index is 271. The van der Waals surface area contributed by atoms with Crippen LogP contribution in [0.5, 0.6) is 0 Å². The Balaban J connectivity index is 2.23. The molecule has 0 spiro atoms. The Morgan fingerprint density at radius 3 is 2.41 bits per heavy atom. The summed E-state index contributed by atoms with van der Waals surface area (Å²) in [5, 5.41) is 0. The predicted molar refractivity (Wildman–Crippen MR) is 64.2 cm³/mol.